The maximum absolute atomic E-state index is 12.1. The number of amides is 1. The molecule has 0 unspecified atom stereocenters. The minimum atomic E-state index is -0.542. The van der Waals surface area contributed by atoms with Crippen molar-refractivity contribution in [1.29, 1.82) is 0 Å². The molecule has 2 aromatic carbocycles. The van der Waals surface area contributed by atoms with Crippen molar-refractivity contribution >= 4 is 34.9 Å². The molecule has 0 radical (unpaired) electrons. The molecule has 27 heavy (non-hydrogen) atoms. The fraction of sp³-hybridized carbons (Fsp3) is 0.222. The molecule has 142 valence electrons. The summed E-state index contributed by atoms with van der Waals surface area (Å²) in [6.45, 7) is 0.133. The van der Waals surface area contributed by atoms with E-state index in [1.807, 2.05) is 0 Å². The van der Waals surface area contributed by atoms with E-state index in [0.717, 1.165) is 0 Å². The number of benzene rings is 2. The third-order valence-electron chi connectivity index (χ3n) is 3.53. The number of carbonyl (C=O) groups excluding carboxylic acids is 2. The molecule has 1 amide bonds. The number of ether oxygens (including phenoxy) is 2. The van der Waals surface area contributed by atoms with Crippen molar-refractivity contribution in [3.63, 3.8) is 0 Å². The summed E-state index contributed by atoms with van der Waals surface area (Å²) < 4.78 is 10.0. The molecule has 0 bridgehead atoms. The van der Waals surface area contributed by atoms with Crippen molar-refractivity contribution in [3.8, 4) is 5.75 Å². The molecule has 2 aromatic rings. The lowest BCUT2D eigenvalue weighted by atomic mass is 10.2. The van der Waals surface area contributed by atoms with Gasteiger partial charge in [-0.15, -0.1) is 0 Å². The second-order valence-electron chi connectivity index (χ2n) is 5.41. The van der Waals surface area contributed by atoms with Gasteiger partial charge in [-0.3, -0.25) is 14.9 Å². The Morgan fingerprint density at radius 1 is 1.22 bits per heavy atom. The number of carbonyl (C=O) groups is 2. The lowest BCUT2D eigenvalue weighted by Gasteiger charge is -2.09. The summed E-state index contributed by atoms with van der Waals surface area (Å²) in [4.78, 5) is 34.0. The number of nitrogens with one attached hydrogen (secondary N) is 1. The van der Waals surface area contributed by atoms with E-state index >= 15 is 0 Å². The van der Waals surface area contributed by atoms with Gasteiger partial charge in [0.15, 0.2) is 5.75 Å². The van der Waals surface area contributed by atoms with Crippen molar-refractivity contribution in [1.82, 2.24) is 0 Å². The maximum atomic E-state index is 12.1. The van der Waals surface area contributed by atoms with E-state index in [4.69, 9.17) is 16.3 Å². The number of hydrogen-bond donors (Lipinski definition) is 1. The summed E-state index contributed by atoms with van der Waals surface area (Å²) in [5.74, 6) is -0.721. The molecular weight excluding hydrogens is 376 g/mol. The topological polar surface area (TPSA) is 108 Å². The molecular formula is C18H17ClN2O6. The van der Waals surface area contributed by atoms with Crippen molar-refractivity contribution in [3.05, 3.63) is 63.2 Å². The van der Waals surface area contributed by atoms with Crippen LogP contribution in [0, 0.1) is 10.1 Å². The lowest BCUT2D eigenvalue weighted by molar-refractivity contribution is -0.385. The van der Waals surface area contributed by atoms with Crippen LogP contribution in [0.3, 0.4) is 0 Å². The number of rotatable bonds is 8. The number of hydrogen-bond acceptors (Lipinski definition) is 6. The van der Waals surface area contributed by atoms with Gasteiger partial charge in [-0.25, -0.2) is 4.79 Å². The predicted molar refractivity (Wildman–Crippen MR) is 99.2 cm³/mol. The van der Waals surface area contributed by atoms with Crippen LogP contribution in [0.2, 0.25) is 5.02 Å². The monoisotopic (exact) mass is 392 g/mol. The van der Waals surface area contributed by atoms with Gasteiger partial charge >= 0.3 is 11.7 Å². The van der Waals surface area contributed by atoms with Gasteiger partial charge in [0, 0.05) is 12.5 Å². The van der Waals surface area contributed by atoms with Crippen LogP contribution in [0.15, 0.2) is 42.5 Å². The van der Waals surface area contributed by atoms with Crippen LogP contribution in [0.1, 0.15) is 23.2 Å². The summed E-state index contributed by atoms with van der Waals surface area (Å²) in [6.07, 6.45) is 0.450. The number of methoxy groups -OCH3 is 1. The SMILES string of the molecule is COC(=O)c1ccc(Cl)c(NC(=O)CCCOc2ccccc2[N+](=O)[O-])c1. The van der Waals surface area contributed by atoms with E-state index in [9.17, 15) is 19.7 Å². The molecule has 0 aliphatic rings. The van der Waals surface area contributed by atoms with Crippen LogP contribution < -0.4 is 10.1 Å². The normalized spacial score (nSPS) is 10.1. The Morgan fingerprint density at radius 2 is 1.96 bits per heavy atom. The van der Waals surface area contributed by atoms with Gasteiger partial charge in [0.1, 0.15) is 0 Å². The van der Waals surface area contributed by atoms with Crippen LogP contribution >= 0.6 is 11.6 Å². The van der Waals surface area contributed by atoms with Crippen LogP contribution in [0.25, 0.3) is 0 Å². The number of para-hydroxylation sites is 2. The average Bonchev–Trinajstić information content (AvgIpc) is 2.66. The van der Waals surface area contributed by atoms with E-state index in [0.29, 0.717) is 12.1 Å². The zero-order valence-electron chi connectivity index (χ0n) is 14.4. The Labute approximate surface area is 160 Å². The largest absolute Gasteiger partial charge is 0.487 e. The van der Waals surface area contributed by atoms with Crippen molar-refractivity contribution in [2.24, 2.45) is 0 Å². The molecule has 0 saturated heterocycles. The summed E-state index contributed by atoms with van der Waals surface area (Å²) in [7, 11) is 1.26. The van der Waals surface area contributed by atoms with Gasteiger partial charge in [-0.1, -0.05) is 23.7 Å². The van der Waals surface area contributed by atoms with Crippen LogP contribution in [0.4, 0.5) is 11.4 Å². The van der Waals surface area contributed by atoms with Crippen molar-refractivity contribution < 1.29 is 24.0 Å². The van der Waals surface area contributed by atoms with Crippen LogP contribution in [-0.4, -0.2) is 30.5 Å². The van der Waals surface area contributed by atoms with Gasteiger partial charge in [0.05, 0.1) is 34.9 Å². The maximum Gasteiger partial charge on any atom is 0.337 e. The summed E-state index contributed by atoms with van der Waals surface area (Å²) in [5.41, 5.74) is 0.425. The molecule has 0 atom stereocenters. The fourth-order valence-electron chi connectivity index (χ4n) is 2.22. The van der Waals surface area contributed by atoms with E-state index in [1.165, 1.54) is 37.4 Å². The highest BCUT2D eigenvalue weighted by atomic mass is 35.5. The molecule has 9 heteroatoms. The van der Waals surface area contributed by atoms with Crippen LogP contribution in [0.5, 0.6) is 5.75 Å². The van der Waals surface area contributed by atoms with Gasteiger partial charge in [-0.05, 0) is 30.7 Å². The first-order valence-electron chi connectivity index (χ1n) is 7.96. The van der Waals surface area contributed by atoms with Gasteiger partial charge in [0.2, 0.25) is 5.91 Å². The van der Waals surface area contributed by atoms with E-state index in [2.05, 4.69) is 10.1 Å². The minimum absolute atomic E-state index is 0.111. The number of anilines is 1. The quantitative estimate of drug-likeness (QED) is 0.316. The second kappa shape index (κ2) is 9.54. The third kappa shape index (κ3) is 5.68. The Hall–Kier alpha value is -3.13. The molecule has 0 aliphatic carbocycles. The number of nitro groups is 1. The zero-order chi connectivity index (χ0) is 19.8. The molecule has 0 saturated carbocycles. The molecule has 2 rings (SSSR count). The first-order chi connectivity index (χ1) is 12.9. The molecule has 0 fully saturated rings. The van der Waals surface area contributed by atoms with E-state index < -0.39 is 10.9 Å². The highest BCUT2D eigenvalue weighted by Gasteiger charge is 2.14. The van der Waals surface area contributed by atoms with Crippen molar-refractivity contribution in [2.45, 2.75) is 12.8 Å². The highest BCUT2D eigenvalue weighted by Crippen LogP contribution is 2.26. The molecule has 8 nitrogen and oxygen atoms in total. The van der Waals surface area contributed by atoms with Crippen molar-refractivity contribution in [2.75, 3.05) is 19.0 Å². The summed E-state index contributed by atoms with van der Waals surface area (Å²) >= 11 is 6.02. The molecule has 0 aromatic heterocycles. The minimum Gasteiger partial charge on any atom is -0.487 e. The molecule has 0 heterocycles. The number of nitrogens with zero attached hydrogens (tertiary/aromatic N) is 1. The number of nitro benzene ring substituents is 1. The number of halogens is 1. The average molecular weight is 393 g/mol. The van der Waals surface area contributed by atoms with Gasteiger partial charge < -0.3 is 14.8 Å². The highest BCUT2D eigenvalue weighted by molar-refractivity contribution is 6.33. The Morgan fingerprint density at radius 3 is 2.67 bits per heavy atom. The lowest BCUT2D eigenvalue weighted by Crippen LogP contribution is -2.14. The molecule has 0 aliphatic heterocycles. The summed E-state index contributed by atoms with van der Waals surface area (Å²) in [5, 5.41) is 13.8. The molecule has 1 N–H and O–H groups in total. The Balaban J connectivity index is 1.87. The predicted octanol–water partition coefficient (Wildman–Crippen LogP) is 3.83. The third-order valence-corrected chi connectivity index (χ3v) is 3.86. The fourth-order valence-corrected chi connectivity index (χ4v) is 2.39. The first-order valence-corrected chi connectivity index (χ1v) is 8.34. The van der Waals surface area contributed by atoms with E-state index in [-0.39, 0.29) is 41.0 Å². The Kier molecular flexibility index (Phi) is 7.13. The summed E-state index contributed by atoms with van der Waals surface area (Å²) in [6, 6.07) is 10.4. The molecule has 0 spiro atoms. The van der Waals surface area contributed by atoms with E-state index in [1.54, 1.807) is 12.1 Å². The second-order valence-corrected chi connectivity index (χ2v) is 5.82. The van der Waals surface area contributed by atoms with Gasteiger partial charge in [-0.2, -0.15) is 0 Å². The van der Waals surface area contributed by atoms with Gasteiger partial charge in [0.25, 0.3) is 0 Å². The van der Waals surface area contributed by atoms with Crippen LogP contribution in [-0.2, 0) is 9.53 Å². The standard InChI is InChI=1S/C18H17ClN2O6/c1-26-18(23)12-8-9-13(19)14(11-12)20-17(22)7-4-10-27-16-6-3-2-5-15(16)21(24)25/h2-3,5-6,8-9,11H,4,7,10H2,1H3,(H,20,22). The first kappa shape index (κ1) is 20.2. The Bertz CT molecular complexity index is 855. The smallest absolute Gasteiger partial charge is 0.337 e. The number of esters is 1. The zero-order valence-corrected chi connectivity index (χ0v) is 15.2.